The number of amides is 4. The summed E-state index contributed by atoms with van der Waals surface area (Å²) in [6.45, 7) is 4.81. The van der Waals surface area contributed by atoms with Gasteiger partial charge in [-0.05, 0) is 30.8 Å². The maximum Gasteiger partial charge on any atom is 0.336 e. The maximum atomic E-state index is 11.3. The first-order chi connectivity index (χ1) is 20.6. The monoisotopic (exact) mass is 601 g/mol. The molecule has 4 aromatic rings. The molecule has 0 unspecified atom stereocenters. The average Bonchev–Trinajstić information content (AvgIpc) is 3.02. The number of anilines is 2. The van der Waals surface area contributed by atoms with Gasteiger partial charge in [0.05, 0.1) is 6.61 Å². The van der Waals surface area contributed by atoms with Crippen LogP contribution in [0.25, 0.3) is 0 Å². The molecule has 0 aliphatic rings. The number of esters is 1. The molecule has 0 spiro atoms. The van der Waals surface area contributed by atoms with Crippen LogP contribution in [0, 0.1) is 0 Å². The Labute approximate surface area is 249 Å². The summed E-state index contributed by atoms with van der Waals surface area (Å²) < 4.78 is 4.89. The zero-order valence-corrected chi connectivity index (χ0v) is 24.3. The van der Waals surface area contributed by atoms with E-state index in [4.69, 9.17) is 27.9 Å². The number of hydrazine groups is 2. The molecule has 0 saturated heterocycles. The molecule has 1 heterocycles. The van der Waals surface area contributed by atoms with E-state index in [9.17, 15) is 14.4 Å². The molecule has 222 valence electrons. The first kappa shape index (κ1) is 32.3. The Morgan fingerprint density at radius 2 is 1.09 bits per heavy atom. The summed E-state index contributed by atoms with van der Waals surface area (Å²) in [5, 5.41) is 5.03. The van der Waals surface area contributed by atoms with Gasteiger partial charge in [-0.25, -0.2) is 26.1 Å². The van der Waals surface area contributed by atoms with Crippen LogP contribution >= 0.6 is 7.92 Å². The molecule has 0 atom stereocenters. The van der Waals surface area contributed by atoms with Gasteiger partial charge in [0, 0.05) is 12.0 Å². The minimum absolute atomic E-state index is 0.0146. The van der Waals surface area contributed by atoms with Crippen LogP contribution in [0.4, 0.5) is 21.5 Å². The zero-order valence-electron chi connectivity index (χ0n) is 23.4. The van der Waals surface area contributed by atoms with Gasteiger partial charge in [-0.1, -0.05) is 97.6 Å². The van der Waals surface area contributed by atoms with Crippen molar-refractivity contribution >= 4 is 53.8 Å². The number of hydrogen-bond donors (Lipinski definition) is 4. The molecule has 0 aliphatic carbocycles. The molecule has 1 aromatic heterocycles. The second-order valence-corrected chi connectivity index (χ2v) is 11.0. The van der Waals surface area contributed by atoms with Crippen LogP contribution in [0.5, 0.6) is 0 Å². The predicted octanol–water partition coefficient (Wildman–Crippen LogP) is 1.50. The number of aromatic nitrogens is 3. The van der Waals surface area contributed by atoms with Gasteiger partial charge in [0.15, 0.2) is 0 Å². The van der Waals surface area contributed by atoms with Gasteiger partial charge in [0.1, 0.15) is 5.82 Å². The zero-order chi connectivity index (χ0) is 31.4. The number of hydrogen-bond acceptors (Lipinski definition) is 9. The lowest BCUT2D eigenvalue weighted by Crippen LogP contribution is -2.45. The van der Waals surface area contributed by atoms with Crippen molar-refractivity contribution in [3.8, 4) is 0 Å². The summed E-state index contributed by atoms with van der Waals surface area (Å²) in [5.74, 6) is 9.49. The molecule has 3 aromatic carbocycles. The van der Waals surface area contributed by atoms with Crippen molar-refractivity contribution in [3.63, 3.8) is 0 Å². The van der Waals surface area contributed by atoms with Crippen molar-refractivity contribution in [2.24, 2.45) is 23.2 Å². The Morgan fingerprint density at radius 3 is 1.42 bits per heavy atom. The van der Waals surface area contributed by atoms with Gasteiger partial charge >= 0.3 is 18.0 Å². The normalized spacial score (nSPS) is 10.2. The summed E-state index contributed by atoms with van der Waals surface area (Å²) in [7, 11) is -0.446. The van der Waals surface area contributed by atoms with Crippen LogP contribution in [0.3, 0.4) is 0 Å². The Morgan fingerprint density at radius 1 is 0.721 bits per heavy atom. The molecule has 8 N–H and O–H groups in total. The van der Waals surface area contributed by atoms with Gasteiger partial charge in [0.2, 0.25) is 0 Å². The van der Waals surface area contributed by atoms with Crippen LogP contribution in [-0.4, -0.2) is 39.6 Å². The van der Waals surface area contributed by atoms with E-state index < -0.39 is 26.0 Å². The predicted molar refractivity (Wildman–Crippen MR) is 167 cm³/mol. The number of urea groups is 2. The summed E-state index contributed by atoms with van der Waals surface area (Å²) in [4.78, 5) is 45.0. The topological polar surface area (TPSA) is 210 Å². The fourth-order valence-corrected chi connectivity index (χ4v) is 5.76. The van der Waals surface area contributed by atoms with Gasteiger partial charge < -0.3 is 16.2 Å². The van der Waals surface area contributed by atoms with Gasteiger partial charge in [-0.3, -0.25) is 0 Å². The highest BCUT2D eigenvalue weighted by Crippen LogP contribution is 2.32. The molecule has 4 amide bonds. The van der Waals surface area contributed by atoms with E-state index in [0.717, 1.165) is 0 Å². The second kappa shape index (κ2) is 15.7. The van der Waals surface area contributed by atoms with Crippen LogP contribution in [0.1, 0.15) is 12.7 Å². The molecule has 43 heavy (non-hydrogen) atoms. The third-order valence-electron chi connectivity index (χ3n) is 5.51. The fraction of sp³-hybridized carbons (Fsp3) is 0.103. The lowest BCUT2D eigenvalue weighted by atomic mass is 10.3. The molecule has 0 bridgehead atoms. The van der Waals surface area contributed by atoms with E-state index in [1.165, 1.54) is 22.8 Å². The highest BCUT2D eigenvalue weighted by molar-refractivity contribution is 7.79. The third-order valence-corrected chi connectivity index (χ3v) is 7.96. The lowest BCUT2D eigenvalue weighted by Gasteiger charge is -2.18. The summed E-state index contributed by atoms with van der Waals surface area (Å²) >= 11 is 0. The van der Waals surface area contributed by atoms with Crippen molar-refractivity contribution in [3.05, 3.63) is 109 Å². The number of carbonyl (C=O) groups excluding carboxylic acids is 3. The van der Waals surface area contributed by atoms with Gasteiger partial charge in [-0.2, -0.15) is 25.0 Å². The minimum atomic E-state index is -1.06. The van der Waals surface area contributed by atoms with E-state index in [1.54, 1.807) is 0 Å². The number of carbonyl (C=O) groups is 3. The largest absolute Gasteiger partial charge is 0.462 e. The first-order valence-corrected chi connectivity index (χ1v) is 14.1. The minimum Gasteiger partial charge on any atom is -0.462 e. The molecular formula is C29H32N9O4P. The first-order valence-electron chi connectivity index (χ1n) is 12.8. The number of ether oxygens (including phenoxy) is 1. The summed E-state index contributed by atoms with van der Waals surface area (Å²) in [5.41, 5.74) is 10.3. The molecule has 14 heteroatoms. The molecule has 0 aliphatic heterocycles. The van der Waals surface area contributed by atoms with Crippen molar-refractivity contribution in [2.75, 3.05) is 16.6 Å². The number of primary amides is 2. The SMILES string of the molecule is C=C(C)C(=O)OCCc1nc(N(N)C(N)=O)nc(N(N)C(N)=O)n1.c1ccc(P(c2ccccc2)c2ccccc2)cc1. The lowest BCUT2D eigenvalue weighted by molar-refractivity contribution is -0.138. The highest BCUT2D eigenvalue weighted by Gasteiger charge is 2.19. The molecule has 0 fully saturated rings. The Kier molecular flexibility index (Phi) is 11.8. The summed E-state index contributed by atoms with van der Waals surface area (Å²) in [6.07, 6.45) is 0.0146. The molecule has 13 nitrogen and oxygen atoms in total. The number of nitrogens with two attached hydrogens (primary N) is 4. The molecular weight excluding hydrogens is 569 g/mol. The molecule has 0 radical (unpaired) electrons. The highest BCUT2D eigenvalue weighted by atomic mass is 31.1. The maximum absolute atomic E-state index is 11.3. The van der Waals surface area contributed by atoms with E-state index in [0.29, 0.717) is 10.0 Å². The second-order valence-electron chi connectivity index (χ2n) is 8.78. The van der Waals surface area contributed by atoms with Crippen LogP contribution < -0.4 is 49.1 Å². The Hall–Kier alpha value is -5.23. The molecule has 0 saturated carbocycles. The Balaban J connectivity index is 0.000000241. The number of rotatable bonds is 9. The van der Waals surface area contributed by atoms with Crippen LogP contribution in [0.15, 0.2) is 103 Å². The summed E-state index contributed by atoms with van der Waals surface area (Å²) in [6, 6.07) is 30.2. The standard InChI is InChI=1S/C18H15P.C11H17N9O4/c1-4-10-16(11-5-1)19(17-12-6-2-7-13-17)18-14-8-3-9-15-18;1-5(2)7(21)24-4-3-6-16-10(19(14)8(12)22)18-11(17-6)20(15)9(13)23/h1-15H;1,3-4,14-15H2,2H3,(H2,12,22)(H2,13,23). The van der Waals surface area contributed by atoms with Gasteiger partial charge in [-0.15, -0.1) is 0 Å². The fourth-order valence-electron chi connectivity index (χ4n) is 3.46. The Bertz CT molecular complexity index is 1410. The van der Waals surface area contributed by atoms with Gasteiger partial charge in [0.25, 0.3) is 11.9 Å². The van der Waals surface area contributed by atoms with Crippen LogP contribution in [-0.2, 0) is 16.0 Å². The number of benzene rings is 3. The van der Waals surface area contributed by atoms with E-state index in [-0.39, 0.29) is 36.3 Å². The third kappa shape index (κ3) is 9.40. The van der Waals surface area contributed by atoms with Crippen molar-refractivity contribution in [2.45, 2.75) is 13.3 Å². The smallest absolute Gasteiger partial charge is 0.336 e. The van der Waals surface area contributed by atoms with Crippen molar-refractivity contribution < 1.29 is 19.1 Å². The number of nitrogens with zero attached hydrogens (tertiary/aromatic N) is 5. The van der Waals surface area contributed by atoms with Crippen molar-refractivity contribution in [1.82, 2.24) is 15.0 Å². The van der Waals surface area contributed by atoms with Crippen LogP contribution in [0.2, 0.25) is 0 Å². The average molecular weight is 602 g/mol. The molecule has 4 rings (SSSR count). The van der Waals surface area contributed by atoms with E-state index in [1.807, 2.05) is 0 Å². The van der Waals surface area contributed by atoms with E-state index >= 15 is 0 Å². The van der Waals surface area contributed by atoms with Crippen molar-refractivity contribution in [1.29, 1.82) is 0 Å². The van der Waals surface area contributed by atoms with E-state index in [2.05, 4.69) is 113 Å². The quantitative estimate of drug-likeness (QED) is 0.0546.